The summed E-state index contributed by atoms with van der Waals surface area (Å²) in [6, 6.07) is 13.0. The van der Waals surface area contributed by atoms with Gasteiger partial charge in [0, 0.05) is 24.8 Å². The Labute approximate surface area is 205 Å². The second-order valence-electron chi connectivity index (χ2n) is 8.55. The zero-order valence-corrected chi connectivity index (χ0v) is 20.0. The minimum absolute atomic E-state index is 0.0396. The Hall–Kier alpha value is -3.11. The zero-order valence-electron chi connectivity index (χ0n) is 20.0. The third-order valence-electron chi connectivity index (χ3n) is 6.20. The third kappa shape index (κ3) is 6.52. The van der Waals surface area contributed by atoms with E-state index in [9.17, 15) is 9.59 Å². The molecule has 1 saturated heterocycles. The summed E-state index contributed by atoms with van der Waals surface area (Å²) < 4.78 is 15.4. The molecule has 0 amide bonds. The van der Waals surface area contributed by atoms with Crippen LogP contribution in [0.15, 0.2) is 47.6 Å². The van der Waals surface area contributed by atoms with Gasteiger partial charge in [-0.1, -0.05) is 36.4 Å². The van der Waals surface area contributed by atoms with Gasteiger partial charge in [-0.2, -0.15) is 5.10 Å². The molecule has 2 heterocycles. The number of benzene rings is 2. The van der Waals surface area contributed by atoms with Crippen molar-refractivity contribution in [1.82, 2.24) is 9.91 Å². The summed E-state index contributed by atoms with van der Waals surface area (Å²) in [7, 11) is 1.56. The van der Waals surface area contributed by atoms with Gasteiger partial charge in [0.05, 0.1) is 51.8 Å². The molecule has 2 aromatic carbocycles. The average molecular weight is 481 g/mol. The first-order chi connectivity index (χ1) is 17.0. The van der Waals surface area contributed by atoms with Gasteiger partial charge in [0.15, 0.2) is 5.78 Å². The van der Waals surface area contributed by atoms with E-state index < -0.39 is 6.17 Å². The fourth-order valence-electron chi connectivity index (χ4n) is 4.18. The molecule has 0 saturated carbocycles. The van der Waals surface area contributed by atoms with E-state index in [4.69, 9.17) is 19.9 Å². The summed E-state index contributed by atoms with van der Waals surface area (Å²) in [5.74, 6) is -0.367. The molecular formula is C26H32N4O5. The fourth-order valence-corrected chi connectivity index (χ4v) is 4.18. The molecule has 2 N–H and O–H groups in total. The number of nitrogens with zero attached hydrogens (tertiary/aromatic N) is 3. The summed E-state index contributed by atoms with van der Waals surface area (Å²) in [4.78, 5) is 27.0. The van der Waals surface area contributed by atoms with Crippen LogP contribution in [0.3, 0.4) is 0 Å². The predicted octanol–water partition coefficient (Wildman–Crippen LogP) is 1.59. The van der Waals surface area contributed by atoms with E-state index in [1.807, 2.05) is 46.3 Å². The Kier molecular flexibility index (Phi) is 8.59. The van der Waals surface area contributed by atoms with Crippen LogP contribution < -0.4 is 5.73 Å². The smallest absolute Gasteiger partial charge is 0.320 e. The summed E-state index contributed by atoms with van der Waals surface area (Å²) >= 11 is 0. The van der Waals surface area contributed by atoms with E-state index in [2.05, 4.69) is 5.10 Å². The highest BCUT2D eigenvalue weighted by atomic mass is 16.6. The van der Waals surface area contributed by atoms with Gasteiger partial charge >= 0.3 is 5.97 Å². The number of ether oxygens (including phenoxy) is 3. The molecule has 0 bridgehead atoms. The molecule has 2 aromatic rings. The van der Waals surface area contributed by atoms with Crippen LogP contribution in [0.2, 0.25) is 0 Å². The minimum Gasteiger partial charge on any atom is -0.462 e. The van der Waals surface area contributed by atoms with Gasteiger partial charge in [0.1, 0.15) is 6.61 Å². The van der Waals surface area contributed by atoms with E-state index in [0.29, 0.717) is 43.9 Å². The van der Waals surface area contributed by atoms with Gasteiger partial charge in [-0.15, -0.1) is 0 Å². The number of hydrazone groups is 1. The molecule has 186 valence electrons. The number of nitrogens with two attached hydrogens (primary N) is 1. The lowest BCUT2D eigenvalue weighted by molar-refractivity contribution is -0.147. The van der Waals surface area contributed by atoms with Crippen LogP contribution in [-0.2, 0) is 25.4 Å². The lowest BCUT2D eigenvalue weighted by Crippen LogP contribution is -2.43. The lowest BCUT2D eigenvalue weighted by Gasteiger charge is -2.34. The maximum Gasteiger partial charge on any atom is 0.320 e. The van der Waals surface area contributed by atoms with Crippen molar-refractivity contribution in [2.45, 2.75) is 12.6 Å². The first-order valence-electron chi connectivity index (χ1n) is 11.8. The largest absolute Gasteiger partial charge is 0.462 e. The first-order valence-corrected chi connectivity index (χ1v) is 11.8. The number of hydrogen-bond acceptors (Lipinski definition) is 9. The van der Waals surface area contributed by atoms with Crippen LogP contribution in [0, 0.1) is 0 Å². The fraction of sp³-hybridized carbons (Fsp3) is 0.423. The van der Waals surface area contributed by atoms with Gasteiger partial charge in [0.2, 0.25) is 0 Å². The molecule has 0 aromatic heterocycles. The molecule has 0 spiro atoms. The van der Waals surface area contributed by atoms with Crippen LogP contribution in [0.25, 0.3) is 0 Å². The molecule has 4 rings (SSSR count). The van der Waals surface area contributed by atoms with Crippen molar-refractivity contribution in [2.24, 2.45) is 10.8 Å². The van der Waals surface area contributed by atoms with Gasteiger partial charge in [-0.25, -0.2) is 0 Å². The molecule has 1 atom stereocenters. The molecule has 1 fully saturated rings. The number of fused-ring (bicyclic) bond motifs is 1. The van der Waals surface area contributed by atoms with Gasteiger partial charge in [0.25, 0.3) is 0 Å². The van der Waals surface area contributed by atoms with Gasteiger partial charge in [-0.3, -0.25) is 19.5 Å². The SMILES string of the molecule is COCCOC(=O)CN1CCc2cc(C(=O)c3ccc(C=NN4CCOCC4)cc3)ccc2C1N. The van der Waals surface area contributed by atoms with E-state index in [1.54, 1.807) is 19.4 Å². The summed E-state index contributed by atoms with van der Waals surface area (Å²) in [6.45, 7) is 4.27. The van der Waals surface area contributed by atoms with Crippen molar-refractivity contribution in [3.8, 4) is 0 Å². The van der Waals surface area contributed by atoms with Gasteiger partial charge < -0.3 is 19.9 Å². The lowest BCUT2D eigenvalue weighted by atomic mass is 9.92. The molecule has 0 radical (unpaired) electrons. The van der Waals surface area contributed by atoms with E-state index >= 15 is 0 Å². The number of carbonyl (C=O) groups excluding carboxylic acids is 2. The number of ketones is 1. The predicted molar refractivity (Wildman–Crippen MR) is 131 cm³/mol. The number of carbonyl (C=O) groups is 2. The van der Waals surface area contributed by atoms with Crippen LogP contribution in [0.5, 0.6) is 0 Å². The van der Waals surface area contributed by atoms with Crippen LogP contribution in [0.1, 0.15) is 38.8 Å². The minimum atomic E-state index is -0.428. The Morgan fingerprint density at radius 2 is 1.83 bits per heavy atom. The number of rotatable bonds is 9. The Balaban J connectivity index is 1.38. The first kappa shape index (κ1) is 25.0. The molecule has 2 aliphatic rings. The Bertz CT molecular complexity index is 1050. The normalized spacial score (nSPS) is 18.5. The monoisotopic (exact) mass is 480 g/mol. The Morgan fingerprint density at radius 1 is 1.09 bits per heavy atom. The van der Waals surface area contributed by atoms with Crippen molar-refractivity contribution in [2.75, 3.05) is 59.7 Å². The number of morpholine rings is 1. The molecule has 9 nitrogen and oxygen atoms in total. The average Bonchev–Trinajstić information content (AvgIpc) is 2.89. The third-order valence-corrected chi connectivity index (χ3v) is 6.20. The van der Waals surface area contributed by atoms with Crippen LogP contribution >= 0.6 is 0 Å². The molecule has 2 aliphatic heterocycles. The highest BCUT2D eigenvalue weighted by Crippen LogP contribution is 2.27. The summed E-state index contributed by atoms with van der Waals surface area (Å²) in [5.41, 5.74) is 10.5. The number of esters is 1. The van der Waals surface area contributed by atoms with Crippen molar-refractivity contribution in [3.05, 3.63) is 70.3 Å². The van der Waals surface area contributed by atoms with Crippen molar-refractivity contribution < 1.29 is 23.8 Å². The molecule has 0 aliphatic carbocycles. The number of hydrogen-bond donors (Lipinski definition) is 1. The maximum atomic E-state index is 13.1. The molecule has 9 heteroatoms. The number of methoxy groups -OCH3 is 1. The van der Waals surface area contributed by atoms with E-state index in [0.717, 1.165) is 29.8 Å². The van der Waals surface area contributed by atoms with E-state index in [-0.39, 0.29) is 24.9 Å². The van der Waals surface area contributed by atoms with E-state index in [1.165, 1.54) is 0 Å². The highest BCUT2D eigenvalue weighted by molar-refractivity contribution is 6.09. The molecule has 35 heavy (non-hydrogen) atoms. The van der Waals surface area contributed by atoms with Crippen molar-refractivity contribution >= 4 is 18.0 Å². The molecular weight excluding hydrogens is 448 g/mol. The molecule has 1 unspecified atom stereocenters. The standard InChI is InChI=1S/C26H32N4O5/c1-33-14-15-35-24(31)18-29-9-8-21-16-22(6-7-23(21)26(29)27)25(32)20-4-2-19(3-5-20)17-28-30-10-12-34-13-11-30/h2-7,16-17,26H,8-15,18,27H2,1H3. The summed E-state index contributed by atoms with van der Waals surface area (Å²) in [5, 5.41) is 6.45. The van der Waals surface area contributed by atoms with Crippen molar-refractivity contribution in [1.29, 1.82) is 0 Å². The van der Waals surface area contributed by atoms with Crippen LogP contribution in [-0.4, -0.2) is 87.6 Å². The highest BCUT2D eigenvalue weighted by Gasteiger charge is 2.27. The second kappa shape index (κ2) is 12.0. The quantitative estimate of drug-likeness (QED) is 0.250. The second-order valence-corrected chi connectivity index (χ2v) is 8.55. The summed E-state index contributed by atoms with van der Waals surface area (Å²) in [6.07, 6.45) is 2.08. The Morgan fingerprint density at radius 3 is 2.57 bits per heavy atom. The topological polar surface area (TPSA) is 107 Å². The van der Waals surface area contributed by atoms with Crippen LogP contribution in [0.4, 0.5) is 0 Å². The van der Waals surface area contributed by atoms with Gasteiger partial charge in [-0.05, 0) is 29.2 Å². The van der Waals surface area contributed by atoms with Crippen molar-refractivity contribution in [3.63, 3.8) is 0 Å². The zero-order chi connectivity index (χ0) is 24.6. The maximum absolute atomic E-state index is 13.1.